The van der Waals surface area contributed by atoms with Gasteiger partial charge in [-0.25, -0.2) is 0 Å². The molecule has 0 aliphatic carbocycles. The fourth-order valence-electron chi connectivity index (χ4n) is 1.69. The summed E-state index contributed by atoms with van der Waals surface area (Å²) in [6, 6.07) is 7.66. The first kappa shape index (κ1) is 12.1. The summed E-state index contributed by atoms with van der Waals surface area (Å²) in [6.07, 6.45) is 0. The Morgan fingerprint density at radius 3 is 2.59 bits per heavy atom. The van der Waals surface area contributed by atoms with E-state index < -0.39 is 5.72 Å². The molecule has 0 fully saturated rings. The van der Waals surface area contributed by atoms with Crippen LogP contribution in [0.3, 0.4) is 0 Å². The van der Waals surface area contributed by atoms with Gasteiger partial charge < -0.3 is 14.6 Å². The lowest BCUT2D eigenvalue weighted by Crippen LogP contribution is -2.15. The molecule has 4 nitrogen and oxygen atoms in total. The second kappa shape index (κ2) is 4.85. The molecule has 0 unspecified atom stereocenters. The highest BCUT2D eigenvalue weighted by molar-refractivity contribution is 6.02. The number of rotatable bonds is 4. The number of aliphatic hydroxyl groups is 1. The summed E-state index contributed by atoms with van der Waals surface area (Å²) in [5, 5.41) is 8.65. The summed E-state index contributed by atoms with van der Waals surface area (Å²) in [4.78, 5) is 4.50. The van der Waals surface area contributed by atoms with Gasteiger partial charge in [-0.15, -0.1) is 0 Å². The lowest BCUT2D eigenvalue weighted by atomic mass is 10.1. The van der Waals surface area contributed by atoms with Crippen molar-refractivity contribution in [1.82, 2.24) is 0 Å². The van der Waals surface area contributed by atoms with Crippen molar-refractivity contribution in [3.05, 3.63) is 29.8 Å². The molecule has 1 aliphatic heterocycles. The van der Waals surface area contributed by atoms with Gasteiger partial charge in [-0.05, 0) is 43.7 Å². The van der Waals surface area contributed by atoms with E-state index >= 15 is 0 Å². The molecule has 92 valence electrons. The third-order valence-electron chi connectivity index (χ3n) is 2.51. The maximum atomic E-state index is 8.65. The Hall–Kier alpha value is -1.39. The molecule has 0 bridgehead atoms. The molecule has 0 saturated heterocycles. The Morgan fingerprint density at radius 2 is 2.06 bits per heavy atom. The number of aliphatic hydroxyl groups excluding tert-OH is 1. The van der Waals surface area contributed by atoms with Crippen molar-refractivity contribution in [2.45, 2.75) is 19.6 Å². The molecule has 1 aromatic rings. The quantitative estimate of drug-likeness (QED) is 0.862. The summed E-state index contributed by atoms with van der Waals surface area (Å²) in [5.74, 6) is 0.751. The van der Waals surface area contributed by atoms with Gasteiger partial charge in [0.25, 0.3) is 0 Å². The molecular weight excluding hydrogens is 218 g/mol. The number of hydrogen-bond donors (Lipinski definition) is 1. The summed E-state index contributed by atoms with van der Waals surface area (Å²) >= 11 is 0. The SMILES string of the molecule is CC1(C)N=C(c2ccc(OCCO)cc2)CO1. The highest BCUT2D eigenvalue weighted by Gasteiger charge is 2.25. The van der Waals surface area contributed by atoms with Crippen LogP contribution in [0.25, 0.3) is 0 Å². The van der Waals surface area contributed by atoms with Gasteiger partial charge in [0.2, 0.25) is 0 Å². The largest absolute Gasteiger partial charge is 0.491 e. The van der Waals surface area contributed by atoms with Crippen molar-refractivity contribution in [2.75, 3.05) is 19.8 Å². The Labute approximate surface area is 101 Å². The Balaban J connectivity index is 2.08. The predicted molar refractivity (Wildman–Crippen MR) is 65.6 cm³/mol. The maximum absolute atomic E-state index is 8.65. The molecular formula is C13H17NO3. The van der Waals surface area contributed by atoms with Crippen LogP contribution in [0.15, 0.2) is 29.3 Å². The lowest BCUT2D eigenvalue weighted by Gasteiger charge is -2.11. The number of nitrogens with zero attached hydrogens (tertiary/aromatic N) is 1. The number of benzene rings is 1. The number of aliphatic imine (C=N–C) groups is 1. The Bertz CT molecular complexity index is 409. The van der Waals surface area contributed by atoms with Crippen molar-refractivity contribution in [1.29, 1.82) is 0 Å². The molecule has 1 aliphatic rings. The van der Waals surface area contributed by atoms with Crippen molar-refractivity contribution < 1.29 is 14.6 Å². The van der Waals surface area contributed by atoms with Crippen LogP contribution in [0.1, 0.15) is 19.4 Å². The third-order valence-corrected chi connectivity index (χ3v) is 2.51. The molecule has 1 aromatic carbocycles. The van der Waals surface area contributed by atoms with Crippen molar-refractivity contribution >= 4 is 5.71 Å². The molecule has 1 heterocycles. The first-order chi connectivity index (χ1) is 8.11. The maximum Gasteiger partial charge on any atom is 0.154 e. The minimum absolute atomic E-state index is 0.0243. The molecule has 0 spiro atoms. The monoisotopic (exact) mass is 235 g/mol. The molecule has 0 radical (unpaired) electrons. The van der Waals surface area contributed by atoms with E-state index in [0.29, 0.717) is 13.2 Å². The van der Waals surface area contributed by atoms with Crippen LogP contribution in [0, 0.1) is 0 Å². The van der Waals surface area contributed by atoms with Gasteiger partial charge in [0.05, 0.1) is 18.9 Å². The van der Waals surface area contributed by atoms with Crippen LogP contribution in [0.5, 0.6) is 5.75 Å². The average molecular weight is 235 g/mol. The van der Waals surface area contributed by atoms with Crippen LogP contribution >= 0.6 is 0 Å². The van der Waals surface area contributed by atoms with Crippen LogP contribution in [0.2, 0.25) is 0 Å². The van der Waals surface area contributed by atoms with Gasteiger partial charge in [0.15, 0.2) is 5.72 Å². The van der Waals surface area contributed by atoms with Gasteiger partial charge in [-0.3, -0.25) is 4.99 Å². The van der Waals surface area contributed by atoms with E-state index in [1.807, 2.05) is 38.1 Å². The minimum atomic E-state index is -0.415. The van der Waals surface area contributed by atoms with Crippen LogP contribution in [-0.4, -0.2) is 36.4 Å². The lowest BCUT2D eigenvalue weighted by molar-refractivity contribution is 0.0327. The van der Waals surface area contributed by atoms with Crippen LogP contribution in [0.4, 0.5) is 0 Å². The van der Waals surface area contributed by atoms with E-state index in [9.17, 15) is 0 Å². The summed E-state index contributed by atoms with van der Waals surface area (Å²) in [6.45, 7) is 4.77. The third kappa shape index (κ3) is 3.05. The smallest absolute Gasteiger partial charge is 0.154 e. The fraction of sp³-hybridized carbons (Fsp3) is 0.462. The molecule has 17 heavy (non-hydrogen) atoms. The fourth-order valence-corrected chi connectivity index (χ4v) is 1.69. The molecule has 0 saturated carbocycles. The molecule has 0 atom stereocenters. The summed E-state index contributed by atoms with van der Waals surface area (Å²) in [5.41, 5.74) is 1.59. The first-order valence-electron chi connectivity index (χ1n) is 5.67. The Kier molecular flexibility index (Phi) is 3.45. The minimum Gasteiger partial charge on any atom is -0.491 e. The number of ether oxygens (including phenoxy) is 2. The predicted octanol–water partition coefficient (Wildman–Crippen LogP) is 1.61. The van der Waals surface area contributed by atoms with Crippen molar-refractivity contribution in [3.8, 4) is 5.75 Å². The van der Waals surface area contributed by atoms with Gasteiger partial charge in [0, 0.05) is 0 Å². The zero-order chi connectivity index (χ0) is 12.3. The normalized spacial score (nSPS) is 17.9. The number of hydrogen-bond acceptors (Lipinski definition) is 4. The average Bonchev–Trinajstić information content (AvgIpc) is 2.68. The molecule has 4 heteroatoms. The topological polar surface area (TPSA) is 51.0 Å². The molecule has 1 N–H and O–H groups in total. The summed E-state index contributed by atoms with van der Waals surface area (Å²) in [7, 11) is 0. The van der Waals surface area contributed by atoms with E-state index in [-0.39, 0.29) is 6.61 Å². The highest BCUT2D eigenvalue weighted by atomic mass is 16.5. The van der Waals surface area contributed by atoms with Crippen molar-refractivity contribution in [2.24, 2.45) is 4.99 Å². The molecule has 2 rings (SSSR count). The van der Waals surface area contributed by atoms with Gasteiger partial charge >= 0.3 is 0 Å². The standard InChI is InChI=1S/C13H17NO3/c1-13(2)14-12(9-17-13)10-3-5-11(6-4-10)16-8-7-15/h3-6,15H,7-9H2,1-2H3. The second-order valence-corrected chi connectivity index (χ2v) is 4.39. The van der Waals surface area contributed by atoms with Crippen LogP contribution < -0.4 is 4.74 Å². The zero-order valence-corrected chi connectivity index (χ0v) is 10.1. The summed E-state index contributed by atoms with van der Waals surface area (Å²) < 4.78 is 10.8. The van der Waals surface area contributed by atoms with Crippen molar-refractivity contribution in [3.63, 3.8) is 0 Å². The van der Waals surface area contributed by atoms with Crippen LogP contribution in [-0.2, 0) is 4.74 Å². The van der Waals surface area contributed by atoms with E-state index in [1.165, 1.54) is 0 Å². The van der Waals surface area contributed by atoms with Gasteiger partial charge in [-0.1, -0.05) is 0 Å². The second-order valence-electron chi connectivity index (χ2n) is 4.39. The van der Waals surface area contributed by atoms with E-state index in [1.54, 1.807) is 0 Å². The van der Waals surface area contributed by atoms with Gasteiger partial charge in [0.1, 0.15) is 12.4 Å². The van der Waals surface area contributed by atoms with E-state index in [2.05, 4.69) is 4.99 Å². The van der Waals surface area contributed by atoms with E-state index in [4.69, 9.17) is 14.6 Å². The highest BCUT2D eigenvalue weighted by Crippen LogP contribution is 2.22. The molecule has 0 aromatic heterocycles. The Morgan fingerprint density at radius 1 is 1.35 bits per heavy atom. The van der Waals surface area contributed by atoms with Gasteiger partial charge in [-0.2, -0.15) is 0 Å². The zero-order valence-electron chi connectivity index (χ0n) is 10.1. The first-order valence-corrected chi connectivity index (χ1v) is 5.67. The molecule has 0 amide bonds. The van der Waals surface area contributed by atoms with E-state index in [0.717, 1.165) is 17.0 Å².